The molecular formula is C21H31N3O3. The average molecular weight is 373 g/mol. The van der Waals surface area contributed by atoms with E-state index >= 15 is 0 Å². The average Bonchev–Trinajstić information content (AvgIpc) is 2.71. The zero-order valence-corrected chi connectivity index (χ0v) is 16.4. The van der Waals surface area contributed by atoms with Crippen LogP contribution in [-0.4, -0.2) is 48.3 Å². The number of likely N-dealkylation sites (tertiary alicyclic amines) is 1. The maximum absolute atomic E-state index is 12.6. The lowest BCUT2D eigenvalue weighted by Crippen LogP contribution is -2.50. The predicted molar refractivity (Wildman–Crippen MR) is 105 cm³/mol. The van der Waals surface area contributed by atoms with E-state index in [-0.39, 0.29) is 23.6 Å². The molecule has 1 unspecified atom stereocenters. The van der Waals surface area contributed by atoms with Crippen LogP contribution in [0.25, 0.3) is 0 Å². The summed E-state index contributed by atoms with van der Waals surface area (Å²) in [7, 11) is 0. The van der Waals surface area contributed by atoms with Gasteiger partial charge in [-0.05, 0) is 38.3 Å². The van der Waals surface area contributed by atoms with Gasteiger partial charge in [-0.1, -0.05) is 38.0 Å². The molecule has 2 N–H and O–H groups in total. The van der Waals surface area contributed by atoms with Crippen molar-refractivity contribution in [2.24, 2.45) is 5.92 Å². The number of rotatable bonds is 8. The van der Waals surface area contributed by atoms with Gasteiger partial charge in [0.1, 0.15) is 6.04 Å². The summed E-state index contributed by atoms with van der Waals surface area (Å²) in [4.78, 5) is 38.7. The summed E-state index contributed by atoms with van der Waals surface area (Å²) in [5, 5.41) is 5.76. The lowest BCUT2D eigenvalue weighted by molar-refractivity contribution is -0.136. The molecule has 148 valence electrons. The highest BCUT2D eigenvalue weighted by Gasteiger charge is 2.29. The lowest BCUT2D eigenvalue weighted by Gasteiger charge is -2.33. The molecule has 1 saturated heterocycles. The molecule has 3 amide bonds. The Morgan fingerprint density at radius 2 is 1.78 bits per heavy atom. The molecule has 1 atom stereocenters. The second-order valence-corrected chi connectivity index (χ2v) is 7.16. The first kappa shape index (κ1) is 20.9. The third-order valence-corrected chi connectivity index (χ3v) is 5.01. The fourth-order valence-corrected chi connectivity index (χ4v) is 3.30. The van der Waals surface area contributed by atoms with Crippen molar-refractivity contribution in [3.8, 4) is 0 Å². The molecule has 27 heavy (non-hydrogen) atoms. The maximum Gasteiger partial charge on any atom is 0.251 e. The fraction of sp³-hybridized carbons (Fsp3) is 0.571. The normalized spacial score (nSPS) is 15.9. The molecule has 1 aromatic rings. The van der Waals surface area contributed by atoms with Gasteiger partial charge in [-0.3, -0.25) is 14.4 Å². The second-order valence-electron chi connectivity index (χ2n) is 7.16. The molecule has 1 aliphatic rings. The van der Waals surface area contributed by atoms with E-state index < -0.39 is 6.04 Å². The zero-order valence-electron chi connectivity index (χ0n) is 16.4. The lowest BCUT2D eigenvalue weighted by atomic mass is 9.95. The molecule has 1 aromatic carbocycles. The molecule has 1 fully saturated rings. The van der Waals surface area contributed by atoms with E-state index in [0.29, 0.717) is 31.5 Å². The second kappa shape index (κ2) is 10.7. The van der Waals surface area contributed by atoms with E-state index in [0.717, 1.165) is 25.8 Å². The smallest absolute Gasteiger partial charge is 0.251 e. The Morgan fingerprint density at radius 3 is 2.41 bits per heavy atom. The number of nitrogens with zero attached hydrogens (tertiary/aromatic N) is 1. The topological polar surface area (TPSA) is 78.5 Å². The SMILES string of the molecule is CCCCCNC(=O)C1CCN(C(=O)C(C)NC(=O)c2ccccc2)CC1. The van der Waals surface area contributed by atoms with Gasteiger partial charge >= 0.3 is 0 Å². The van der Waals surface area contributed by atoms with Gasteiger partial charge in [0.2, 0.25) is 11.8 Å². The van der Waals surface area contributed by atoms with Crippen molar-refractivity contribution in [1.82, 2.24) is 15.5 Å². The van der Waals surface area contributed by atoms with E-state index in [4.69, 9.17) is 0 Å². The largest absolute Gasteiger partial charge is 0.356 e. The number of benzene rings is 1. The molecule has 2 rings (SSSR count). The van der Waals surface area contributed by atoms with Crippen molar-refractivity contribution in [3.63, 3.8) is 0 Å². The molecule has 6 nitrogen and oxygen atoms in total. The first-order valence-electron chi connectivity index (χ1n) is 9.95. The summed E-state index contributed by atoms with van der Waals surface area (Å²) < 4.78 is 0. The first-order chi connectivity index (χ1) is 13.0. The number of hydrogen-bond acceptors (Lipinski definition) is 3. The van der Waals surface area contributed by atoms with E-state index in [1.807, 2.05) is 6.07 Å². The van der Waals surface area contributed by atoms with Crippen LogP contribution < -0.4 is 10.6 Å². The minimum Gasteiger partial charge on any atom is -0.356 e. The van der Waals surface area contributed by atoms with Gasteiger partial charge in [0, 0.05) is 31.1 Å². The number of amides is 3. The van der Waals surface area contributed by atoms with E-state index in [1.54, 1.807) is 36.1 Å². The summed E-state index contributed by atoms with van der Waals surface area (Å²) in [6, 6.07) is 8.28. The Hall–Kier alpha value is -2.37. The highest BCUT2D eigenvalue weighted by Crippen LogP contribution is 2.18. The quantitative estimate of drug-likeness (QED) is 0.687. The van der Waals surface area contributed by atoms with Crippen molar-refractivity contribution in [1.29, 1.82) is 0 Å². The van der Waals surface area contributed by atoms with E-state index in [9.17, 15) is 14.4 Å². The molecule has 1 aliphatic heterocycles. The molecule has 0 aromatic heterocycles. The van der Waals surface area contributed by atoms with Crippen molar-refractivity contribution in [3.05, 3.63) is 35.9 Å². The van der Waals surface area contributed by atoms with Crippen LogP contribution in [0.1, 0.15) is 56.3 Å². The van der Waals surface area contributed by atoms with Crippen molar-refractivity contribution in [2.75, 3.05) is 19.6 Å². The molecule has 6 heteroatoms. The van der Waals surface area contributed by atoms with Crippen LogP contribution in [-0.2, 0) is 9.59 Å². The van der Waals surface area contributed by atoms with Gasteiger partial charge in [0.25, 0.3) is 5.91 Å². The van der Waals surface area contributed by atoms with E-state index in [2.05, 4.69) is 17.6 Å². The number of hydrogen-bond donors (Lipinski definition) is 2. The first-order valence-corrected chi connectivity index (χ1v) is 9.95. The molecule has 0 saturated carbocycles. The van der Waals surface area contributed by atoms with Crippen LogP contribution in [0.2, 0.25) is 0 Å². The Balaban J connectivity index is 1.75. The number of nitrogens with one attached hydrogen (secondary N) is 2. The summed E-state index contributed by atoms with van der Waals surface area (Å²) in [6.45, 7) is 5.68. The summed E-state index contributed by atoms with van der Waals surface area (Å²) >= 11 is 0. The Bertz CT molecular complexity index is 625. The van der Waals surface area contributed by atoms with Crippen LogP contribution in [0, 0.1) is 5.92 Å². The Kier molecular flexibility index (Phi) is 8.30. The summed E-state index contributed by atoms with van der Waals surface area (Å²) in [5.41, 5.74) is 0.538. The van der Waals surface area contributed by atoms with Gasteiger partial charge < -0.3 is 15.5 Å². The third-order valence-electron chi connectivity index (χ3n) is 5.01. The number of carbonyl (C=O) groups excluding carboxylic acids is 3. The molecule has 0 bridgehead atoms. The Labute approximate surface area is 161 Å². The minimum absolute atomic E-state index is 0.0232. The van der Waals surface area contributed by atoms with Crippen molar-refractivity contribution >= 4 is 17.7 Å². The zero-order chi connectivity index (χ0) is 19.6. The van der Waals surface area contributed by atoms with E-state index in [1.165, 1.54) is 0 Å². The van der Waals surface area contributed by atoms with Crippen LogP contribution in [0.15, 0.2) is 30.3 Å². The van der Waals surface area contributed by atoms with Crippen LogP contribution in [0.3, 0.4) is 0 Å². The van der Waals surface area contributed by atoms with Crippen molar-refractivity contribution < 1.29 is 14.4 Å². The van der Waals surface area contributed by atoms with Gasteiger partial charge in [-0.15, -0.1) is 0 Å². The van der Waals surface area contributed by atoms with Gasteiger partial charge in [0.15, 0.2) is 0 Å². The van der Waals surface area contributed by atoms with Crippen molar-refractivity contribution in [2.45, 2.75) is 52.0 Å². The standard InChI is InChI=1S/C21H31N3O3/c1-3-4-8-13-22-19(25)18-11-14-24(15-12-18)21(27)16(2)23-20(26)17-9-6-5-7-10-17/h5-7,9-10,16,18H,3-4,8,11-15H2,1-2H3,(H,22,25)(H,23,26). The molecule has 0 spiro atoms. The summed E-state index contributed by atoms with van der Waals surface area (Å²) in [6.07, 6.45) is 4.61. The van der Waals surface area contributed by atoms with Gasteiger partial charge in [-0.2, -0.15) is 0 Å². The highest BCUT2D eigenvalue weighted by atomic mass is 16.2. The minimum atomic E-state index is -0.586. The molecule has 1 heterocycles. The maximum atomic E-state index is 12.6. The monoisotopic (exact) mass is 373 g/mol. The van der Waals surface area contributed by atoms with Crippen LogP contribution in [0.5, 0.6) is 0 Å². The number of carbonyl (C=O) groups is 3. The third kappa shape index (κ3) is 6.38. The number of unbranched alkanes of at least 4 members (excludes halogenated alkanes) is 2. The fourth-order valence-electron chi connectivity index (χ4n) is 3.30. The van der Waals surface area contributed by atoms with Crippen LogP contribution >= 0.6 is 0 Å². The predicted octanol–water partition coefficient (Wildman–Crippen LogP) is 2.35. The van der Waals surface area contributed by atoms with Crippen LogP contribution in [0.4, 0.5) is 0 Å². The molecule has 0 radical (unpaired) electrons. The Morgan fingerprint density at radius 1 is 1.11 bits per heavy atom. The molecule has 0 aliphatic carbocycles. The van der Waals surface area contributed by atoms with Gasteiger partial charge in [-0.25, -0.2) is 0 Å². The number of piperidine rings is 1. The van der Waals surface area contributed by atoms with Gasteiger partial charge in [0.05, 0.1) is 0 Å². The highest BCUT2D eigenvalue weighted by molar-refractivity contribution is 5.97. The molecular weight excluding hydrogens is 342 g/mol. The summed E-state index contributed by atoms with van der Waals surface area (Å²) in [5.74, 6) is -0.271.